The Kier molecular flexibility index (Phi) is 6.41. The van der Waals surface area contributed by atoms with Crippen LogP contribution in [0.4, 0.5) is 20.7 Å². The highest BCUT2D eigenvalue weighted by molar-refractivity contribution is 6.31. The number of piperazine rings is 1. The Morgan fingerprint density at radius 1 is 1.09 bits per heavy atom. The summed E-state index contributed by atoms with van der Waals surface area (Å²) in [6.45, 7) is 4.20. The smallest absolute Gasteiger partial charge is 0.321 e. The number of urea groups is 1. The van der Waals surface area contributed by atoms with E-state index in [1.165, 1.54) is 25.6 Å². The van der Waals surface area contributed by atoms with Crippen LogP contribution in [-0.2, 0) is 0 Å². The number of aromatic nitrogens is 2. The van der Waals surface area contributed by atoms with E-state index in [9.17, 15) is 9.18 Å². The Morgan fingerprint density at radius 3 is 2.59 bits per heavy atom. The molecule has 0 bridgehead atoms. The number of methoxy groups -OCH3 is 1. The molecule has 32 heavy (non-hydrogen) atoms. The zero-order chi connectivity index (χ0) is 22.7. The first-order valence-corrected chi connectivity index (χ1v) is 10.6. The molecule has 1 fully saturated rings. The molecule has 4 rings (SSSR count). The van der Waals surface area contributed by atoms with E-state index in [-0.39, 0.29) is 11.8 Å². The van der Waals surface area contributed by atoms with Gasteiger partial charge in [-0.05, 0) is 42.8 Å². The van der Waals surface area contributed by atoms with Gasteiger partial charge in [0.2, 0.25) is 0 Å². The fourth-order valence-corrected chi connectivity index (χ4v) is 3.74. The number of carbonyl (C=O) groups is 1. The van der Waals surface area contributed by atoms with E-state index in [0.29, 0.717) is 59.7 Å². The molecule has 0 unspecified atom stereocenters. The van der Waals surface area contributed by atoms with Crippen molar-refractivity contribution in [1.29, 1.82) is 0 Å². The Balaban J connectivity index is 1.42. The average molecular weight is 456 g/mol. The summed E-state index contributed by atoms with van der Waals surface area (Å²) in [7, 11) is 1.54. The molecule has 1 aromatic heterocycles. The van der Waals surface area contributed by atoms with Gasteiger partial charge in [0.15, 0.2) is 0 Å². The van der Waals surface area contributed by atoms with Crippen LogP contribution in [-0.4, -0.2) is 54.2 Å². The Morgan fingerprint density at radius 2 is 1.88 bits per heavy atom. The standard InChI is InChI=1S/C23H23ClFN5O2/c1-15-3-5-17(12-19(15)24)28-23(31)30-9-7-29(8-10-30)22-13-20(26-14-27-22)18-11-16(25)4-6-21(18)32-2/h3-6,11-14H,7-10H2,1-2H3,(H,28,31). The molecule has 3 aromatic rings. The van der Waals surface area contributed by atoms with E-state index >= 15 is 0 Å². The van der Waals surface area contributed by atoms with Gasteiger partial charge in [-0.3, -0.25) is 0 Å². The summed E-state index contributed by atoms with van der Waals surface area (Å²) in [5, 5.41) is 3.50. The molecule has 1 N–H and O–H groups in total. The van der Waals surface area contributed by atoms with Crippen LogP contribution in [0.5, 0.6) is 5.75 Å². The van der Waals surface area contributed by atoms with Crippen LogP contribution in [0.25, 0.3) is 11.3 Å². The summed E-state index contributed by atoms with van der Waals surface area (Å²) in [5.41, 5.74) is 2.75. The summed E-state index contributed by atoms with van der Waals surface area (Å²) in [6.07, 6.45) is 1.45. The average Bonchev–Trinajstić information content (AvgIpc) is 2.81. The van der Waals surface area contributed by atoms with Gasteiger partial charge in [-0.1, -0.05) is 17.7 Å². The first-order valence-electron chi connectivity index (χ1n) is 10.2. The molecule has 0 spiro atoms. The molecule has 0 aliphatic carbocycles. The number of ether oxygens (including phenoxy) is 1. The number of hydrogen-bond acceptors (Lipinski definition) is 5. The number of rotatable bonds is 4. The molecule has 0 saturated carbocycles. The van der Waals surface area contributed by atoms with Crippen molar-refractivity contribution < 1.29 is 13.9 Å². The van der Waals surface area contributed by atoms with E-state index < -0.39 is 0 Å². The van der Waals surface area contributed by atoms with Crippen LogP contribution >= 0.6 is 11.6 Å². The minimum absolute atomic E-state index is 0.169. The SMILES string of the molecule is COc1ccc(F)cc1-c1cc(N2CCN(C(=O)Nc3ccc(C)c(Cl)c3)CC2)ncn1. The van der Waals surface area contributed by atoms with E-state index in [0.717, 1.165) is 5.56 Å². The van der Waals surface area contributed by atoms with Crippen molar-refractivity contribution in [3.05, 3.63) is 65.2 Å². The largest absolute Gasteiger partial charge is 0.496 e. The maximum Gasteiger partial charge on any atom is 0.321 e. The molecule has 7 nitrogen and oxygen atoms in total. The summed E-state index contributed by atoms with van der Waals surface area (Å²) in [5.74, 6) is 0.885. The second-order valence-corrected chi connectivity index (χ2v) is 7.88. The van der Waals surface area contributed by atoms with Crippen LogP contribution in [0.3, 0.4) is 0 Å². The number of carbonyl (C=O) groups excluding carboxylic acids is 1. The molecule has 166 valence electrons. The Labute approximate surface area is 190 Å². The number of aryl methyl sites for hydroxylation is 1. The van der Waals surface area contributed by atoms with Crippen LogP contribution in [0.15, 0.2) is 48.8 Å². The van der Waals surface area contributed by atoms with Crippen molar-refractivity contribution in [2.24, 2.45) is 0 Å². The van der Waals surface area contributed by atoms with E-state index in [4.69, 9.17) is 16.3 Å². The zero-order valence-corrected chi connectivity index (χ0v) is 18.6. The molecule has 0 atom stereocenters. The molecular formula is C23H23ClFN5O2. The zero-order valence-electron chi connectivity index (χ0n) is 17.8. The minimum Gasteiger partial charge on any atom is -0.496 e. The third-order valence-electron chi connectivity index (χ3n) is 5.40. The van der Waals surface area contributed by atoms with E-state index in [1.807, 2.05) is 19.1 Å². The van der Waals surface area contributed by atoms with Crippen LogP contribution in [0, 0.1) is 12.7 Å². The third kappa shape index (κ3) is 4.75. The van der Waals surface area contributed by atoms with Crippen LogP contribution in [0.1, 0.15) is 5.56 Å². The fraction of sp³-hybridized carbons (Fsp3) is 0.261. The predicted octanol–water partition coefficient (Wildman–Crippen LogP) is 4.61. The highest BCUT2D eigenvalue weighted by Crippen LogP contribution is 2.30. The molecule has 1 aliphatic heterocycles. The number of hydrogen-bond donors (Lipinski definition) is 1. The lowest BCUT2D eigenvalue weighted by Gasteiger charge is -2.35. The van der Waals surface area contributed by atoms with E-state index in [2.05, 4.69) is 20.2 Å². The van der Waals surface area contributed by atoms with Gasteiger partial charge < -0.3 is 19.9 Å². The van der Waals surface area contributed by atoms with Crippen LogP contribution in [0.2, 0.25) is 5.02 Å². The van der Waals surface area contributed by atoms with Gasteiger partial charge in [0.05, 0.1) is 12.8 Å². The van der Waals surface area contributed by atoms with Gasteiger partial charge in [-0.2, -0.15) is 0 Å². The normalized spacial score (nSPS) is 13.8. The number of halogens is 2. The molecule has 9 heteroatoms. The molecule has 2 heterocycles. The Bertz CT molecular complexity index is 1140. The first kappa shape index (κ1) is 21.8. The highest BCUT2D eigenvalue weighted by atomic mass is 35.5. The maximum atomic E-state index is 13.8. The molecular weight excluding hydrogens is 433 g/mol. The van der Waals surface area contributed by atoms with Gasteiger partial charge in [0.25, 0.3) is 0 Å². The topological polar surface area (TPSA) is 70.6 Å². The van der Waals surface area contributed by atoms with Crippen molar-refractivity contribution in [1.82, 2.24) is 14.9 Å². The lowest BCUT2D eigenvalue weighted by molar-refractivity contribution is 0.208. The molecule has 2 amide bonds. The van der Waals surface area contributed by atoms with Crippen molar-refractivity contribution in [3.8, 4) is 17.0 Å². The predicted molar refractivity (Wildman–Crippen MR) is 123 cm³/mol. The fourth-order valence-electron chi connectivity index (χ4n) is 3.56. The second kappa shape index (κ2) is 9.40. The third-order valence-corrected chi connectivity index (χ3v) is 5.81. The van der Waals surface area contributed by atoms with Gasteiger partial charge in [-0.25, -0.2) is 19.2 Å². The second-order valence-electron chi connectivity index (χ2n) is 7.47. The van der Waals surface area contributed by atoms with Crippen molar-refractivity contribution in [2.75, 3.05) is 43.5 Å². The Hall–Kier alpha value is -3.39. The first-order chi connectivity index (χ1) is 15.4. The van der Waals surface area contributed by atoms with Gasteiger partial charge in [-0.15, -0.1) is 0 Å². The van der Waals surface area contributed by atoms with Crippen molar-refractivity contribution >= 4 is 29.1 Å². The molecule has 1 aliphatic rings. The summed E-state index contributed by atoms with van der Waals surface area (Å²) in [6, 6.07) is 11.4. The van der Waals surface area contributed by atoms with Crippen molar-refractivity contribution in [3.63, 3.8) is 0 Å². The molecule has 1 saturated heterocycles. The number of nitrogens with zero attached hydrogens (tertiary/aromatic N) is 4. The quantitative estimate of drug-likeness (QED) is 0.622. The number of anilines is 2. The van der Waals surface area contributed by atoms with Gasteiger partial charge in [0, 0.05) is 48.5 Å². The number of nitrogens with one attached hydrogen (secondary N) is 1. The lowest BCUT2D eigenvalue weighted by Crippen LogP contribution is -2.50. The molecule has 2 aromatic carbocycles. The number of benzene rings is 2. The molecule has 0 radical (unpaired) electrons. The highest BCUT2D eigenvalue weighted by Gasteiger charge is 2.23. The number of amides is 2. The monoisotopic (exact) mass is 455 g/mol. The van der Waals surface area contributed by atoms with Crippen LogP contribution < -0.4 is 15.0 Å². The van der Waals surface area contributed by atoms with Crippen molar-refractivity contribution in [2.45, 2.75) is 6.92 Å². The summed E-state index contributed by atoms with van der Waals surface area (Å²) >= 11 is 6.14. The summed E-state index contributed by atoms with van der Waals surface area (Å²) < 4.78 is 19.1. The minimum atomic E-state index is -0.365. The summed E-state index contributed by atoms with van der Waals surface area (Å²) in [4.78, 5) is 25.1. The lowest BCUT2D eigenvalue weighted by atomic mass is 10.1. The van der Waals surface area contributed by atoms with Gasteiger partial charge in [0.1, 0.15) is 23.7 Å². The van der Waals surface area contributed by atoms with E-state index in [1.54, 1.807) is 23.1 Å². The van der Waals surface area contributed by atoms with Gasteiger partial charge >= 0.3 is 6.03 Å². The maximum absolute atomic E-state index is 13.8.